The van der Waals surface area contributed by atoms with E-state index in [4.69, 9.17) is 0 Å². The quantitative estimate of drug-likeness (QED) is 0.744. The van der Waals surface area contributed by atoms with Crippen molar-refractivity contribution in [2.75, 3.05) is 11.4 Å². The molecule has 2 heteroatoms. The Kier molecular flexibility index (Phi) is 2.83. The molecule has 1 unspecified atom stereocenters. The van der Waals surface area contributed by atoms with Crippen molar-refractivity contribution in [1.82, 2.24) is 0 Å². The van der Waals surface area contributed by atoms with Gasteiger partial charge in [0.05, 0.1) is 0 Å². The highest BCUT2D eigenvalue weighted by molar-refractivity contribution is 5.60. The van der Waals surface area contributed by atoms with Gasteiger partial charge in [-0.15, -0.1) is 0 Å². The first-order valence-electron chi connectivity index (χ1n) is 6.77. The second kappa shape index (κ2) is 4.49. The van der Waals surface area contributed by atoms with Gasteiger partial charge in [-0.05, 0) is 43.9 Å². The Morgan fingerprint density at radius 3 is 2.72 bits per heavy atom. The second-order valence-corrected chi connectivity index (χ2v) is 5.37. The molecule has 1 heterocycles. The van der Waals surface area contributed by atoms with Gasteiger partial charge in [0.2, 0.25) is 0 Å². The first-order chi connectivity index (χ1) is 8.79. The summed E-state index contributed by atoms with van der Waals surface area (Å²) >= 11 is 0. The van der Waals surface area contributed by atoms with Crippen molar-refractivity contribution >= 4 is 5.69 Å². The van der Waals surface area contributed by atoms with Crippen molar-refractivity contribution in [3.63, 3.8) is 0 Å². The molecule has 1 aromatic rings. The molecule has 0 aromatic heterocycles. The number of aryl methyl sites for hydroxylation is 1. The standard InChI is InChI=1S/C16H18N2/c1-12-6-8-14(9-7-12)18-11-13-4-2-3-5-15(13)16(18)10-17/h6-9,13H,2-5,11H2,1H3. The van der Waals surface area contributed by atoms with Crippen LogP contribution in [-0.4, -0.2) is 6.54 Å². The van der Waals surface area contributed by atoms with E-state index in [1.165, 1.54) is 36.1 Å². The summed E-state index contributed by atoms with van der Waals surface area (Å²) < 4.78 is 0. The molecule has 1 saturated carbocycles. The number of allylic oxidation sites excluding steroid dienone is 1. The highest BCUT2D eigenvalue weighted by Gasteiger charge is 2.33. The summed E-state index contributed by atoms with van der Waals surface area (Å²) in [6.45, 7) is 3.10. The lowest BCUT2D eigenvalue weighted by atomic mass is 9.85. The number of rotatable bonds is 1. The molecule has 0 N–H and O–H groups in total. The number of hydrogen-bond acceptors (Lipinski definition) is 2. The number of hydrogen-bond donors (Lipinski definition) is 0. The lowest BCUT2D eigenvalue weighted by molar-refractivity contribution is 0.479. The third-order valence-electron chi connectivity index (χ3n) is 4.17. The SMILES string of the molecule is Cc1ccc(N2CC3CCCCC3=C2C#N)cc1. The van der Waals surface area contributed by atoms with Crippen LogP contribution in [0.25, 0.3) is 0 Å². The summed E-state index contributed by atoms with van der Waals surface area (Å²) in [6, 6.07) is 10.9. The van der Waals surface area contributed by atoms with Crippen LogP contribution in [0.2, 0.25) is 0 Å². The molecule has 3 rings (SSSR count). The van der Waals surface area contributed by atoms with Crippen molar-refractivity contribution in [1.29, 1.82) is 5.26 Å². The Hall–Kier alpha value is -1.75. The van der Waals surface area contributed by atoms with Crippen LogP contribution in [-0.2, 0) is 0 Å². The van der Waals surface area contributed by atoms with Crippen LogP contribution in [0.4, 0.5) is 5.69 Å². The Morgan fingerprint density at radius 2 is 2.00 bits per heavy atom. The molecule has 0 amide bonds. The van der Waals surface area contributed by atoms with Gasteiger partial charge in [-0.25, -0.2) is 0 Å². The van der Waals surface area contributed by atoms with E-state index < -0.39 is 0 Å². The fourth-order valence-electron chi connectivity index (χ4n) is 3.17. The lowest BCUT2D eigenvalue weighted by Crippen LogP contribution is -2.21. The molecule has 1 aliphatic heterocycles. The van der Waals surface area contributed by atoms with Crippen LogP contribution >= 0.6 is 0 Å². The fourth-order valence-corrected chi connectivity index (χ4v) is 3.17. The third kappa shape index (κ3) is 1.80. The van der Waals surface area contributed by atoms with E-state index in [1.54, 1.807) is 0 Å². The van der Waals surface area contributed by atoms with Crippen LogP contribution in [0, 0.1) is 24.2 Å². The Bertz CT molecular complexity index is 519. The van der Waals surface area contributed by atoms with E-state index in [2.05, 4.69) is 42.2 Å². The van der Waals surface area contributed by atoms with Crippen molar-refractivity contribution in [2.45, 2.75) is 32.6 Å². The fraction of sp³-hybridized carbons (Fsp3) is 0.438. The highest BCUT2D eigenvalue weighted by Crippen LogP contribution is 2.40. The number of anilines is 1. The van der Waals surface area contributed by atoms with Gasteiger partial charge in [-0.1, -0.05) is 24.1 Å². The maximum Gasteiger partial charge on any atom is 0.120 e. The van der Waals surface area contributed by atoms with Gasteiger partial charge in [0.1, 0.15) is 11.8 Å². The van der Waals surface area contributed by atoms with Crippen molar-refractivity contribution in [3.05, 3.63) is 41.1 Å². The Labute approximate surface area is 109 Å². The molecule has 2 nitrogen and oxygen atoms in total. The van der Waals surface area contributed by atoms with Crippen molar-refractivity contribution in [2.24, 2.45) is 5.92 Å². The Morgan fingerprint density at radius 1 is 1.22 bits per heavy atom. The first-order valence-corrected chi connectivity index (χ1v) is 6.77. The molecule has 2 aliphatic rings. The molecule has 92 valence electrons. The third-order valence-corrected chi connectivity index (χ3v) is 4.17. The van der Waals surface area contributed by atoms with E-state index in [0.29, 0.717) is 5.92 Å². The molecule has 1 atom stereocenters. The molecule has 0 spiro atoms. The molecule has 18 heavy (non-hydrogen) atoms. The zero-order valence-corrected chi connectivity index (χ0v) is 10.8. The second-order valence-electron chi connectivity index (χ2n) is 5.37. The average molecular weight is 238 g/mol. The number of benzene rings is 1. The highest BCUT2D eigenvalue weighted by atomic mass is 15.2. The summed E-state index contributed by atoms with van der Waals surface area (Å²) in [5, 5.41) is 9.44. The van der Waals surface area contributed by atoms with Crippen LogP contribution < -0.4 is 4.90 Å². The minimum atomic E-state index is 0.620. The van der Waals surface area contributed by atoms with E-state index >= 15 is 0 Å². The van der Waals surface area contributed by atoms with Gasteiger partial charge in [0, 0.05) is 18.2 Å². The van der Waals surface area contributed by atoms with Crippen LogP contribution in [0.15, 0.2) is 35.5 Å². The van der Waals surface area contributed by atoms with Crippen molar-refractivity contribution < 1.29 is 0 Å². The molecule has 1 aromatic carbocycles. The summed E-state index contributed by atoms with van der Waals surface area (Å²) in [4.78, 5) is 2.21. The van der Waals surface area contributed by atoms with E-state index in [-0.39, 0.29) is 0 Å². The summed E-state index contributed by atoms with van der Waals surface area (Å²) in [6.07, 6.45) is 4.94. The van der Waals surface area contributed by atoms with Gasteiger partial charge in [0.25, 0.3) is 0 Å². The Balaban J connectivity index is 1.96. The number of nitrogens with zero attached hydrogens (tertiary/aromatic N) is 2. The summed E-state index contributed by atoms with van der Waals surface area (Å²) in [5.41, 5.74) is 4.76. The predicted molar refractivity (Wildman–Crippen MR) is 73.1 cm³/mol. The molecule has 0 saturated heterocycles. The van der Waals surface area contributed by atoms with Crippen molar-refractivity contribution in [3.8, 4) is 6.07 Å². The molecule has 1 aliphatic carbocycles. The maximum absolute atomic E-state index is 9.44. The molecular weight excluding hydrogens is 220 g/mol. The zero-order valence-electron chi connectivity index (χ0n) is 10.8. The molecule has 1 fully saturated rings. The number of nitriles is 1. The predicted octanol–water partition coefficient (Wildman–Crippen LogP) is 3.78. The first kappa shape index (κ1) is 11.3. The zero-order chi connectivity index (χ0) is 12.5. The minimum absolute atomic E-state index is 0.620. The van der Waals surface area contributed by atoms with E-state index in [9.17, 15) is 5.26 Å². The normalized spacial score (nSPS) is 22.9. The number of fused-ring (bicyclic) bond motifs is 1. The maximum atomic E-state index is 9.44. The molecule has 0 radical (unpaired) electrons. The van der Waals surface area contributed by atoms with E-state index in [0.717, 1.165) is 18.7 Å². The minimum Gasteiger partial charge on any atom is -0.332 e. The van der Waals surface area contributed by atoms with Gasteiger partial charge in [0.15, 0.2) is 0 Å². The van der Waals surface area contributed by atoms with Gasteiger partial charge < -0.3 is 4.90 Å². The van der Waals surface area contributed by atoms with Gasteiger partial charge in [-0.3, -0.25) is 0 Å². The van der Waals surface area contributed by atoms with Gasteiger partial charge in [-0.2, -0.15) is 5.26 Å². The molecule has 0 bridgehead atoms. The van der Waals surface area contributed by atoms with Crippen LogP contribution in [0.1, 0.15) is 31.2 Å². The smallest absolute Gasteiger partial charge is 0.120 e. The topological polar surface area (TPSA) is 27.0 Å². The monoisotopic (exact) mass is 238 g/mol. The lowest BCUT2D eigenvalue weighted by Gasteiger charge is -2.21. The summed E-state index contributed by atoms with van der Waals surface area (Å²) in [7, 11) is 0. The summed E-state index contributed by atoms with van der Waals surface area (Å²) in [5.74, 6) is 0.620. The van der Waals surface area contributed by atoms with Crippen LogP contribution in [0.3, 0.4) is 0 Å². The van der Waals surface area contributed by atoms with Gasteiger partial charge >= 0.3 is 0 Å². The average Bonchev–Trinajstić information content (AvgIpc) is 2.78. The molecular formula is C16H18N2. The van der Waals surface area contributed by atoms with E-state index in [1.807, 2.05) is 0 Å². The largest absolute Gasteiger partial charge is 0.332 e. The van der Waals surface area contributed by atoms with Crippen LogP contribution in [0.5, 0.6) is 0 Å².